The number of sulfone groups is 1. The molecule has 1 fully saturated rings. The molecule has 0 radical (unpaired) electrons. The van der Waals surface area contributed by atoms with Crippen LogP contribution in [0.5, 0.6) is 0 Å². The molecule has 7 nitrogen and oxygen atoms in total. The van der Waals surface area contributed by atoms with Crippen molar-refractivity contribution in [3.63, 3.8) is 0 Å². The topological polar surface area (TPSA) is 93.1 Å². The third-order valence-electron chi connectivity index (χ3n) is 4.87. The Balaban J connectivity index is 1.61. The Labute approximate surface area is 153 Å². The van der Waals surface area contributed by atoms with Gasteiger partial charge in [-0.3, -0.25) is 4.79 Å². The van der Waals surface area contributed by atoms with Gasteiger partial charge in [0.05, 0.1) is 11.4 Å². The number of carbonyl (C=O) groups excluding carboxylic acids is 1. The zero-order chi connectivity index (χ0) is 18.6. The van der Waals surface area contributed by atoms with Crippen LogP contribution in [0.2, 0.25) is 0 Å². The molecule has 0 spiro atoms. The lowest BCUT2D eigenvalue weighted by molar-refractivity contribution is -0.124. The highest BCUT2D eigenvalue weighted by Gasteiger charge is 2.48. The molecule has 0 saturated carbocycles. The zero-order valence-corrected chi connectivity index (χ0v) is 15.6. The van der Waals surface area contributed by atoms with E-state index in [1.54, 1.807) is 4.68 Å². The van der Waals surface area contributed by atoms with Gasteiger partial charge in [0.15, 0.2) is 14.6 Å². The summed E-state index contributed by atoms with van der Waals surface area (Å²) in [5.74, 6) is -0.399. The van der Waals surface area contributed by atoms with Crippen molar-refractivity contribution in [3.05, 3.63) is 48.3 Å². The fraction of sp³-hybridized carbons (Fsp3) is 0.444. The molecule has 1 amide bonds. The molecular formula is C18H24N4O3S. The van der Waals surface area contributed by atoms with Crippen molar-refractivity contribution < 1.29 is 13.2 Å². The summed E-state index contributed by atoms with van der Waals surface area (Å²) in [6.45, 7) is 1.42. The summed E-state index contributed by atoms with van der Waals surface area (Å²) >= 11 is 0. The standard InChI is InChI=1S/C18H24N4O3S/c1-26(24,25)18(9-12-19-13-10-18)17(23)20-11-7-15-8-14-22(21-15)16-5-3-2-4-6-16/h2-6,8,14,19H,7,9-13H2,1H3,(H,20,23). The molecule has 1 aromatic heterocycles. The number of carbonyl (C=O) groups is 1. The molecule has 26 heavy (non-hydrogen) atoms. The minimum atomic E-state index is -3.49. The molecule has 1 aliphatic heterocycles. The highest BCUT2D eigenvalue weighted by molar-refractivity contribution is 7.92. The van der Waals surface area contributed by atoms with Crippen molar-refractivity contribution in [2.45, 2.75) is 24.0 Å². The number of benzene rings is 1. The number of rotatable bonds is 6. The van der Waals surface area contributed by atoms with Crippen molar-refractivity contribution >= 4 is 15.7 Å². The molecule has 140 valence electrons. The van der Waals surface area contributed by atoms with Gasteiger partial charge < -0.3 is 10.6 Å². The molecule has 1 aliphatic rings. The van der Waals surface area contributed by atoms with E-state index >= 15 is 0 Å². The smallest absolute Gasteiger partial charge is 0.241 e. The van der Waals surface area contributed by atoms with Crippen molar-refractivity contribution in [2.75, 3.05) is 25.9 Å². The molecule has 0 atom stereocenters. The molecule has 2 aromatic rings. The van der Waals surface area contributed by atoms with Crippen molar-refractivity contribution in [1.29, 1.82) is 0 Å². The lowest BCUT2D eigenvalue weighted by Crippen LogP contribution is -2.57. The summed E-state index contributed by atoms with van der Waals surface area (Å²) in [6, 6.07) is 11.7. The molecule has 1 saturated heterocycles. The molecule has 3 rings (SSSR count). The van der Waals surface area contributed by atoms with E-state index in [1.807, 2.05) is 42.6 Å². The predicted octanol–water partition coefficient (Wildman–Crippen LogP) is 0.698. The van der Waals surface area contributed by atoms with Crippen LogP contribution < -0.4 is 10.6 Å². The lowest BCUT2D eigenvalue weighted by atomic mass is 9.96. The Morgan fingerprint density at radius 1 is 1.23 bits per heavy atom. The Kier molecular flexibility index (Phi) is 5.43. The van der Waals surface area contributed by atoms with Crippen LogP contribution in [-0.2, 0) is 21.1 Å². The number of nitrogens with one attached hydrogen (secondary N) is 2. The van der Waals surface area contributed by atoms with E-state index in [0.29, 0.717) is 38.9 Å². The Morgan fingerprint density at radius 3 is 2.58 bits per heavy atom. The maximum atomic E-state index is 12.6. The van der Waals surface area contributed by atoms with Gasteiger partial charge in [-0.15, -0.1) is 0 Å². The summed E-state index contributed by atoms with van der Waals surface area (Å²) in [5.41, 5.74) is 1.81. The van der Waals surface area contributed by atoms with E-state index in [0.717, 1.165) is 17.6 Å². The number of aromatic nitrogens is 2. The first kappa shape index (κ1) is 18.6. The number of hydrogen-bond donors (Lipinski definition) is 2. The first-order chi connectivity index (χ1) is 12.4. The summed E-state index contributed by atoms with van der Waals surface area (Å²) in [4.78, 5) is 12.6. The summed E-state index contributed by atoms with van der Waals surface area (Å²) in [5, 5.41) is 10.4. The van der Waals surface area contributed by atoms with E-state index in [1.165, 1.54) is 0 Å². The van der Waals surface area contributed by atoms with Gasteiger partial charge in [-0.25, -0.2) is 13.1 Å². The van der Waals surface area contributed by atoms with Gasteiger partial charge in [0.2, 0.25) is 5.91 Å². The zero-order valence-electron chi connectivity index (χ0n) is 14.8. The van der Waals surface area contributed by atoms with E-state index < -0.39 is 20.5 Å². The minimum absolute atomic E-state index is 0.306. The average Bonchev–Trinajstić information content (AvgIpc) is 3.11. The second kappa shape index (κ2) is 7.59. The Hall–Kier alpha value is -2.19. The van der Waals surface area contributed by atoms with Gasteiger partial charge in [-0.1, -0.05) is 18.2 Å². The molecule has 0 unspecified atom stereocenters. The molecule has 8 heteroatoms. The van der Waals surface area contributed by atoms with Crippen LogP contribution in [-0.4, -0.2) is 54.7 Å². The van der Waals surface area contributed by atoms with Crippen molar-refractivity contribution in [1.82, 2.24) is 20.4 Å². The van der Waals surface area contributed by atoms with Gasteiger partial charge in [-0.05, 0) is 44.1 Å². The highest BCUT2D eigenvalue weighted by Crippen LogP contribution is 2.27. The first-order valence-electron chi connectivity index (χ1n) is 8.71. The maximum absolute atomic E-state index is 12.6. The normalized spacial score (nSPS) is 17.0. The van der Waals surface area contributed by atoms with Gasteiger partial charge in [0.25, 0.3) is 0 Å². The van der Waals surface area contributed by atoms with Gasteiger partial charge >= 0.3 is 0 Å². The lowest BCUT2D eigenvalue weighted by Gasteiger charge is -2.34. The Morgan fingerprint density at radius 2 is 1.92 bits per heavy atom. The molecule has 0 bridgehead atoms. The molecule has 2 N–H and O–H groups in total. The second-order valence-electron chi connectivity index (χ2n) is 6.61. The fourth-order valence-corrected chi connectivity index (χ4v) is 4.64. The van der Waals surface area contributed by atoms with Crippen LogP contribution in [0.4, 0.5) is 0 Å². The van der Waals surface area contributed by atoms with Crippen LogP contribution in [0.15, 0.2) is 42.6 Å². The van der Waals surface area contributed by atoms with Crippen molar-refractivity contribution in [2.24, 2.45) is 0 Å². The summed E-state index contributed by atoms with van der Waals surface area (Å²) in [6.07, 6.45) is 4.18. The van der Waals surface area contributed by atoms with Gasteiger partial charge in [0, 0.05) is 25.4 Å². The minimum Gasteiger partial charge on any atom is -0.354 e. The predicted molar refractivity (Wildman–Crippen MR) is 100.0 cm³/mol. The van der Waals surface area contributed by atoms with E-state index in [9.17, 15) is 13.2 Å². The third-order valence-corrected chi connectivity index (χ3v) is 6.88. The second-order valence-corrected chi connectivity index (χ2v) is 8.94. The number of hydrogen-bond acceptors (Lipinski definition) is 5. The van der Waals surface area contributed by atoms with Crippen LogP contribution >= 0.6 is 0 Å². The van der Waals surface area contributed by atoms with E-state index in [4.69, 9.17) is 0 Å². The number of nitrogens with zero attached hydrogens (tertiary/aromatic N) is 2. The largest absolute Gasteiger partial charge is 0.354 e. The van der Waals surface area contributed by atoms with Gasteiger partial charge in [0.1, 0.15) is 0 Å². The van der Waals surface area contributed by atoms with Crippen LogP contribution in [0, 0.1) is 0 Å². The fourth-order valence-electron chi connectivity index (χ4n) is 3.28. The van der Waals surface area contributed by atoms with Crippen LogP contribution in [0.3, 0.4) is 0 Å². The van der Waals surface area contributed by atoms with Crippen LogP contribution in [0.1, 0.15) is 18.5 Å². The number of amides is 1. The van der Waals surface area contributed by atoms with Gasteiger partial charge in [-0.2, -0.15) is 5.10 Å². The van der Waals surface area contributed by atoms with Crippen LogP contribution in [0.25, 0.3) is 5.69 Å². The summed E-state index contributed by atoms with van der Waals surface area (Å²) in [7, 11) is -3.49. The average molecular weight is 376 g/mol. The maximum Gasteiger partial charge on any atom is 0.241 e. The number of para-hydroxylation sites is 1. The highest BCUT2D eigenvalue weighted by atomic mass is 32.2. The number of piperidine rings is 1. The third kappa shape index (κ3) is 3.81. The molecule has 1 aromatic carbocycles. The SMILES string of the molecule is CS(=O)(=O)C1(C(=O)NCCc2ccn(-c3ccccc3)n2)CCNCC1. The molecule has 2 heterocycles. The molecular weight excluding hydrogens is 352 g/mol. The monoisotopic (exact) mass is 376 g/mol. The molecule has 0 aliphatic carbocycles. The van der Waals surface area contributed by atoms with Crippen molar-refractivity contribution in [3.8, 4) is 5.69 Å². The quantitative estimate of drug-likeness (QED) is 0.774. The van der Waals surface area contributed by atoms with E-state index in [2.05, 4.69) is 15.7 Å². The first-order valence-corrected chi connectivity index (χ1v) is 10.6. The summed E-state index contributed by atoms with van der Waals surface area (Å²) < 4.78 is 24.9. The Bertz CT molecular complexity index is 856. The van der Waals surface area contributed by atoms with E-state index in [-0.39, 0.29) is 0 Å².